The maximum Gasteiger partial charge on any atom is 0.329 e. The molecule has 0 N–H and O–H groups in total. The molecule has 460 valence electrons. The van der Waals surface area contributed by atoms with E-state index in [1.807, 2.05) is 129 Å². The van der Waals surface area contributed by atoms with Crippen molar-refractivity contribution in [2.75, 3.05) is 40.7 Å². The highest BCUT2D eigenvalue weighted by Gasteiger charge is 2.43. The molecule has 1 aliphatic heterocycles. The van der Waals surface area contributed by atoms with Crippen LogP contribution in [0.4, 0.5) is 0 Å². The number of carbonyl (C=O) groups excluding carboxylic acids is 8. The van der Waals surface area contributed by atoms with Crippen molar-refractivity contribution in [3.63, 3.8) is 0 Å². The molecule has 4 amide bonds. The number of hydrogen-bond acceptors (Lipinski definition) is 16. The molecule has 5 rings (SSSR count). The summed E-state index contributed by atoms with van der Waals surface area (Å²) in [7, 11) is 5.59. The summed E-state index contributed by atoms with van der Waals surface area (Å²) in [4.78, 5) is 124. The first kappa shape index (κ1) is 68.1. The number of benzene rings is 2. The van der Waals surface area contributed by atoms with Gasteiger partial charge in [-0.15, -0.1) is 23.5 Å². The maximum absolute atomic E-state index is 15.0. The molecule has 2 aromatic heterocycles. The van der Waals surface area contributed by atoms with Crippen LogP contribution in [0.2, 0.25) is 0 Å². The van der Waals surface area contributed by atoms with Crippen molar-refractivity contribution >= 4 is 71.0 Å². The van der Waals surface area contributed by atoms with Gasteiger partial charge in [-0.2, -0.15) is 10.2 Å². The van der Waals surface area contributed by atoms with Crippen LogP contribution in [0.25, 0.3) is 0 Å². The molecule has 0 unspecified atom stereocenters. The van der Waals surface area contributed by atoms with Gasteiger partial charge in [0, 0.05) is 63.2 Å². The molecule has 1 aliphatic rings. The van der Waals surface area contributed by atoms with Gasteiger partial charge in [-0.1, -0.05) is 104 Å². The highest BCUT2D eigenvalue weighted by molar-refractivity contribution is 7.98. The largest absolute Gasteiger partial charge is 0.451 e. The number of carbonyl (C=O) groups is 8. The van der Waals surface area contributed by atoms with E-state index in [4.69, 9.17) is 18.9 Å². The highest BCUT2D eigenvalue weighted by Crippen LogP contribution is 2.25. The van der Waals surface area contributed by atoms with Crippen molar-refractivity contribution in [2.45, 2.75) is 179 Å². The lowest BCUT2D eigenvalue weighted by Crippen LogP contribution is -2.55. The third-order valence-electron chi connectivity index (χ3n) is 14.7. The molecule has 20 nitrogen and oxygen atoms in total. The zero-order valence-corrected chi connectivity index (χ0v) is 53.4. The summed E-state index contributed by atoms with van der Waals surface area (Å²) in [6.07, 6.45) is 5.38. The first-order valence-electron chi connectivity index (χ1n) is 28.8. The molecule has 0 bridgehead atoms. The molecular weight excluding hydrogens is 1110 g/mol. The van der Waals surface area contributed by atoms with E-state index < -0.39 is 96.1 Å². The minimum atomic E-state index is -1.54. The molecular formula is C62H88N8O12S2. The number of nitrogens with zero attached hydrogens (tertiary/aromatic N) is 8. The van der Waals surface area contributed by atoms with E-state index in [2.05, 4.69) is 10.2 Å². The van der Waals surface area contributed by atoms with E-state index in [0.717, 1.165) is 40.5 Å². The molecule has 2 aromatic carbocycles. The lowest BCUT2D eigenvalue weighted by Gasteiger charge is -2.35. The predicted octanol–water partition coefficient (Wildman–Crippen LogP) is 7.60. The van der Waals surface area contributed by atoms with Gasteiger partial charge in [0.25, 0.3) is 23.6 Å². The second-order valence-corrected chi connectivity index (χ2v) is 25.3. The number of likely N-dealkylation sites (N-methyl/N-ethyl adjacent to an activating group) is 4. The van der Waals surface area contributed by atoms with Crippen LogP contribution >= 0.6 is 23.5 Å². The summed E-state index contributed by atoms with van der Waals surface area (Å²) in [5, 5.41) is 8.86. The second-order valence-electron chi connectivity index (χ2n) is 23.6. The molecule has 0 aliphatic carbocycles. The van der Waals surface area contributed by atoms with Gasteiger partial charge in [-0.3, -0.25) is 28.5 Å². The average molecular weight is 1200 g/mol. The Morgan fingerprint density at radius 2 is 0.679 bits per heavy atom. The van der Waals surface area contributed by atoms with Gasteiger partial charge < -0.3 is 38.5 Å². The van der Waals surface area contributed by atoms with Crippen molar-refractivity contribution in [1.29, 1.82) is 0 Å². The summed E-state index contributed by atoms with van der Waals surface area (Å²) in [6, 6.07) is 9.62. The van der Waals surface area contributed by atoms with Gasteiger partial charge in [0.05, 0.1) is 25.5 Å². The summed E-state index contributed by atoms with van der Waals surface area (Å²) >= 11 is 3.15. The van der Waals surface area contributed by atoms with Crippen molar-refractivity contribution in [1.82, 2.24) is 39.2 Å². The minimum absolute atomic E-state index is 0.0823. The first-order chi connectivity index (χ1) is 39.6. The van der Waals surface area contributed by atoms with Crippen LogP contribution in [0.1, 0.15) is 117 Å². The van der Waals surface area contributed by atoms with Crippen LogP contribution in [0, 0.1) is 23.7 Å². The topological polar surface area (TPSA) is 222 Å². The van der Waals surface area contributed by atoms with Crippen LogP contribution in [0.15, 0.2) is 83.1 Å². The fourth-order valence-corrected chi connectivity index (χ4v) is 10.7. The fraction of sp³-hybridized carbons (Fsp3) is 0.581. The van der Waals surface area contributed by atoms with Crippen molar-refractivity contribution in [3.8, 4) is 0 Å². The van der Waals surface area contributed by atoms with Crippen LogP contribution < -0.4 is 0 Å². The number of thioether (sulfide) groups is 2. The van der Waals surface area contributed by atoms with Gasteiger partial charge in [0.15, 0.2) is 24.4 Å². The number of rotatable bonds is 18. The second kappa shape index (κ2) is 31.5. The number of ether oxygens (including phenoxy) is 4. The number of amides is 4. The number of esters is 4. The molecule has 0 radical (unpaired) electrons. The van der Waals surface area contributed by atoms with E-state index >= 15 is 9.59 Å². The number of aromatic nitrogens is 4. The molecule has 0 saturated carbocycles. The predicted molar refractivity (Wildman–Crippen MR) is 321 cm³/mol. The first-order valence-corrected chi connectivity index (χ1v) is 31.2. The molecule has 1 fully saturated rings. The third-order valence-corrected chi connectivity index (χ3v) is 16.1. The zero-order chi connectivity index (χ0) is 62.3. The molecule has 4 aromatic rings. The normalized spacial score (nSPS) is 22.7. The summed E-state index contributed by atoms with van der Waals surface area (Å²) in [5.74, 6) is -7.42. The smallest absolute Gasteiger partial charge is 0.329 e. The highest BCUT2D eigenvalue weighted by atomic mass is 32.2. The Kier molecular flexibility index (Phi) is 25.5. The quantitative estimate of drug-likeness (QED) is 0.0532. The van der Waals surface area contributed by atoms with Gasteiger partial charge in [-0.05, 0) is 98.0 Å². The van der Waals surface area contributed by atoms with Crippen LogP contribution in [-0.4, -0.2) is 176 Å². The van der Waals surface area contributed by atoms with E-state index in [1.165, 1.54) is 42.0 Å². The lowest BCUT2D eigenvalue weighted by atomic mass is 9.99. The number of hydrogen-bond donors (Lipinski definition) is 0. The average Bonchev–Trinajstić information content (AvgIpc) is 4.03. The van der Waals surface area contributed by atoms with Crippen LogP contribution in [0.3, 0.4) is 0 Å². The molecule has 1 saturated heterocycles. The van der Waals surface area contributed by atoms with Gasteiger partial charge in [0.1, 0.15) is 24.2 Å². The van der Waals surface area contributed by atoms with Crippen LogP contribution in [-0.2, 0) is 83.2 Å². The van der Waals surface area contributed by atoms with E-state index in [1.54, 1.807) is 45.3 Å². The Bertz CT molecular complexity index is 2660. The van der Waals surface area contributed by atoms with E-state index in [-0.39, 0.29) is 62.2 Å². The van der Waals surface area contributed by atoms with Gasteiger partial charge in [-0.25, -0.2) is 19.2 Å². The van der Waals surface area contributed by atoms with Crippen molar-refractivity contribution in [3.05, 3.63) is 95.6 Å². The van der Waals surface area contributed by atoms with Gasteiger partial charge in [0.2, 0.25) is 0 Å². The SMILES string of the molecule is CSc1cnn(Cc2ccc(C[C@H]3OC(=O)[C@H](CC(C)C)N(C)C(=O)[C@@H](C)OC(=O)[C@H](CC(C)C)N(C)C(=O)[C@@H](Cc4ccc(Cn5cc(SC)cn5)cc4)OC(=O)[C@H](CC(C)C)N(C)C(=O)[C@@H](C)OC(=O)[C@H](CC(C)C)N(C)C3=O)cc2)c1. The van der Waals surface area contributed by atoms with E-state index in [9.17, 15) is 28.8 Å². The Labute approximate surface area is 504 Å². The molecule has 0 spiro atoms. The van der Waals surface area contributed by atoms with Gasteiger partial charge >= 0.3 is 23.9 Å². The van der Waals surface area contributed by atoms with Crippen molar-refractivity contribution in [2.24, 2.45) is 23.7 Å². The fourth-order valence-electron chi connectivity index (χ4n) is 9.92. The van der Waals surface area contributed by atoms with Crippen molar-refractivity contribution < 1.29 is 57.3 Å². The Morgan fingerprint density at radius 1 is 0.417 bits per heavy atom. The standard InChI is InChI=1S/C62H88N8O12S2/c1-37(2)25-49-59(75)79-41(9)55(71)65(11)52(28-40(7)8)62(78)82-54(30-44-19-23-46(24-20-44)34-70-36-48(84-16)32-64-70)58(74)68(14)50(26-38(3)4)60(76)80-42(10)56(72)66(12)51(27-39(5)6)61(77)81-53(57(73)67(49)13)29-43-17-21-45(22-18-43)33-69-35-47(83-15)31-63-69/h17-24,31-32,35-42,49-54H,25-30,33-34H2,1-16H3/t41-,42-,49+,50+,51+,52+,53-,54-/m1/s1. The monoisotopic (exact) mass is 1200 g/mol. The summed E-state index contributed by atoms with van der Waals surface area (Å²) in [6.45, 7) is 18.5. The lowest BCUT2D eigenvalue weighted by molar-refractivity contribution is -0.176. The zero-order valence-electron chi connectivity index (χ0n) is 51.8. The number of cyclic esters (lactones) is 4. The third kappa shape index (κ3) is 19.2. The molecule has 3 heterocycles. The van der Waals surface area contributed by atoms with Crippen LogP contribution in [0.5, 0.6) is 0 Å². The van der Waals surface area contributed by atoms with E-state index in [0.29, 0.717) is 24.2 Å². The Morgan fingerprint density at radius 3 is 0.940 bits per heavy atom. The Hall–Kier alpha value is -6.68. The molecule has 8 atom stereocenters. The summed E-state index contributed by atoms with van der Waals surface area (Å²) in [5.41, 5.74) is 3.07. The minimum Gasteiger partial charge on any atom is -0.451 e. The Balaban J connectivity index is 1.58. The maximum atomic E-state index is 15.0. The molecule has 22 heteroatoms. The molecule has 84 heavy (non-hydrogen) atoms. The summed E-state index contributed by atoms with van der Waals surface area (Å²) < 4.78 is 27.9.